The number of carbonyl (C=O) groups excluding carboxylic acids is 1. The largest absolute Gasteiger partial charge is 0.308 e. The molecule has 0 unspecified atom stereocenters. The summed E-state index contributed by atoms with van der Waals surface area (Å²) < 4.78 is 26.5. The molecule has 0 fully saturated rings. The molecule has 2 rings (SSSR count). The van der Waals surface area contributed by atoms with E-state index >= 15 is 0 Å². The summed E-state index contributed by atoms with van der Waals surface area (Å²) in [6.07, 6.45) is 1.47. The van der Waals surface area contributed by atoms with Crippen molar-refractivity contribution in [3.8, 4) is 0 Å². The molecule has 0 saturated heterocycles. The summed E-state index contributed by atoms with van der Waals surface area (Å²) in [6, 6.07) is 12.3. The van der Waals surface area contributed by atoms with Crippen LogP contribution in [-0.2, 0) is 11.2 Å². The van der Waals surface area contributed by atoms with Gasteiger partial charge < -0.3 is 4.90 Å². The Bertz CT molecular complexity index is 640. The van der Waals surface area contributed by atoms with Crippen molar-refractivity contribution in [2.75, 3.05) is 11.4 Å². The lowest BCUT2D eigenvalue weighted by Gasteiger charge is -2.21. The Hall–Kier alpha value is -2.49. The van der Waals surface area contributed by atoms with Crippen LogP contribution in [0.4, 0.5) is 14.5 Å². The molecule has 0 aliphatic heterocycles. The van der Waals surface area contributed by atoms with E-state index in [2.05, 4.69) is 6.58 Å². The van der Waals surface area contributed by atoms with E-state index < -0.39 is 11.6 Å². The summed E-state index contributed by atoms with van der Waals surface area (Å²) in [7, 11) is 0. The molecule has 0 aromatic heterocycles. The highest BCUT2D eigenvalue weighted by molar-refractivity contribution is 5.95. The second kappa shape index (κ2) is 6.79. The Kier molecular flexibility index (Phi) is 4.82. The van der Waals surface area contributed by atoms with Gasteiger partial charge in [-0.25, -0.2) is 8.78 Å². The number of para-hydroxylation sites is 1. The number of hydrogen-bond acceptors (Lipinski definition) is 1. The maximum atomic E-state index is 13.6. The van der Waals surface area contributed by atoms with Gasteiger partial charge in [0.05, 0.1) is 6.42 Å². The zero-order valence-corrected chi connectivity index (χ0v) is 11.4. The minimum absolute atomic E-state index is 0.130. The van der Waals surface area contributed by atoms with Gasteiger partial charge in [0.15, 0.2) is 0 Å². The zero-order valence-electron chi connectivity index (χ0n) is 11.4. The van der Waals surface area contributed by atoms with Crippen molar-refractivity contribution in [2.45, 2.75) is 6.42 Å². The fraction of sp³-hybridized carbons (Fsp3) is 0.118. The SMILES string of the molecule is C=CCN(C(=O)Cc1ccc(F)cc1F)c1ccccc1. The van der Waals surface area contributed by atoms with Crippen molar-refractivity contribution >= 4 is 11.6 Å². The van der Waals surface area contributed by atoms with Crippen LogP contribution in [0.3, 0.4) is 0 Å². The first-order valence-electron chi connectivity index (χ1n) is 6.52. The highest BCUT2D eigenvalue weighted by atomic mass is 19.1. The van der Waals surface area contributed by atoms with Gasteiger partial charge in [0.1, 0.15) is 11.6 Å². The third-order valence-electron chi connectivity index (χ3n) is 3.04. The maximum absolute atomic E-state index is 13.6. The normalized spacial score (nSPS) is 10.2. The molecule has 0 aliphatic rings. The Labute approximate surface area is 122 Å². The molecule has 2 nitrogen and oxygen atoms in total. The molecule has 0 aliphatic carbocycles. The third-order valence-corrected chi connectivity index (χ3v) is 3.04. The van der Waals surface area contributed by atoms with Crippen molar-refractivity contribution in [3.63, 3.8) is 0 Å². The molecule has 0 atom stereocenters. The lowest BCUT2D eigenvalue weighted by molar-refractivity contribution is -0.117. The molecule has 0 N–H and O–H groups in total. The van der Waals surface area contributed by atoms with Crippen molar-refractivity contribution in [2.24, 2.45) is 0 Å². The molecular formula is C17H15F2NO. The van der Waals surface area contributed by atoms with Gasteiger partial charge in [0.25, 0.3) is 0 Å². The standard InChI is InChI=1S/C17H15F2NO/c1-2-10-20(15-6-4-3-5-7-15)17(21)11-13-8-9-14(18)12-16(13)19/h2-9,12H,1,10-11H2. The molecule has 21 heavy (non-hydrogen) atoms. The van der Waals surface area contributed by atoms with Gasteiger partial charge in [-0.3, -0.25) is 4.79 Å². The fourth-order valence-electron chi connectivity index (χ4n) is 2.01. The summed E-state index contributed by atoms with van der Waals surface area (Å²) in [4.78, 5) is 13.9. The smallest absolute Gasteiger partial charge is 0.231 e. The Balaban J connectivity index is 2.21. The highest BCUT2D eigenvalue weighted by Crippen LogP contribution is 2.17. The van der Waals surface area contributed by atoms with Crippen LogP contribution >= 0.6 is 0 Å². The van der Waals surface area contributed by atoms with E-state index in [0.29, 0.717) is 12.2 Å². The Morgan fingerprint density at radius 3 is 2.48 bits per heavy atom. The van der Waals surface area contributed by atoms with Gasteiger partial charge in [-0.1, -0.05) is 30.3 Å². The number of nitrogens with zero attached hydrogens (tertiary/aromatic N) is 1. The van der Waals surface area contributed by atoms with E-state index in [0.717, 1.165) is 12.1 Å². The number of amides is 1. The Morgan fingerprint density at radius 1 is 1.14 bits per heavy atom. The van der Waals surface area contributed by atoms with Crippen LogP contribution < -0.4 is 4.90 Å². The molecule has 4 heteroatoms. The lowest BCUT2D eigenvalue weighted by Crippen LogP contribution is -2.32. The monoisotopic (exact) mass is 287 g/mol. The van der Waals surface area contributed by atoms with Crippen molar-refractivity contribution in [3.05, 3.63) is 78.4 Å². The van der Waals surface area contributed by atoms with E-state index in [-0.39, 0.29) is 17.9 Å². The first-order chi connectivity index (χ1) is 10.1. The summed E-state index contributed by atoms with van der Waals surface area (Å²) in [5.74, 6) is -1.64. The molecule has 0 heterocycles. The van der Waals surface area contributed by atoms with Crippen molar-refractivity contribution in [1.29, 1.82) is 0 Å². The van der Waals surface area contributed by atoms with E-state index in [1.54, 1.807) is 18.2 Å². The van der Waals surface area contributed by atoms with Crippen LogP contribution in [-0.4, -0.2) is 12.5 Å². The van der Waals surface area contributed by atoms with Crippen LogP contribution in [0.15, 0.2) is 61.2 Å². The number of rotatable bonds is 5. The average molecular weight is 287 g/mol. The quantitative estimate of drug-likeness (QED) is 0.767. The molecule has 0 bridgehead atoms. The number of carbonyl (C=O) groups is 1. The van der Waals surface area contributed by atoms with E-state index in [1.165, 1.54) is 11.0 Å². The second-order valence-electron chi connectivity index (χ2n) is 4.54. The molecule has 0 saturated carbocycles. The van der Waals surface area contributed by atoms with Crippen LogP contribution in [0, 0.1) is 11.6 Å². The van der Waals surface area contributed by atoms with Crippen LogP contribution in [0.2, 0.25) is 0 Å². The predicted octanol–water partition coefficient (Wildman–Crippen LogP) is 3.73. The van der Waals surface area contributed by atoms with E-state index in [4.69, 9.17) is 0 Å². The van der Waals surface area contributed by atoms with Gasteiger partial charge in [0, 0.05) is 18.3 Å². The molecule has 0 spiro atoms. The molecular weight excluding hydrogens is 272 g/mol. The van der Waals surface area contributed by atoms with Crippen LogP contribution in [0.1, 0.15) is 5.56 Å². The van der Waals surface area contributed by atoms with Crippen molar-refractivity contribution < 1.29 is 13.6 Å². The first kappa shape index (κ1) is 14.9. The number of halogens is 2. The van der Waals surface area contributed by atoms with Crippen LogP contribution in [0.25, 0.3) is 0 Å². The minimum Gasteiger partial charge on any atom is -0.308 e. The van der Waals surface area contributed by atoms with Gasteiger partial charge in [-0.15, -0.1) is 6.58 Å². The zero-order chi connectivity index (χ0) is 15.2. The van der Waals surface area contributed by atoms with Gasteiger partial charge in [-0.2, -0.15) is 0 Å². The molecule has 108 valence electrons. The van der Waals surface area contributed by atoms with Gasteiger partial charge in [0.2, 0.25) is 5.91 Å². The number of benzene rings is 2. The minimum atomic E-state index is -0.713. The summed E-state index contributed by atoms with van der Waals surface area (Å²) in [6.45, 7) is 3.95. The summed E-state index contributed by atoms with van der Waals surface area (Å²) in [5, 5.41) is 0. The topological polar surface area (TPSA) is 20.3 Å². The number of anilines is 1. The summed E-state index contributed by atoms with van der Waals surface area (Å²) in [5.41, 5.74) is 0.885. The molecule has 1 amide bonds. The van der Waals surface area contributed by atoms with Gasteiger partial charge >= 0.3 is 0 Å². The lowest BCUT2D eigenvalue weighted by atomic mass is 10.1. The van der Waals surface area contributed by atoms with Gasteiger partial charge in [-0.05, 0) is 23.8 Å². The third kappa shape index (κ3) is 3.75. The molecule has 2 aromatic rings. The molecule has 0 radical (unpaired) electrons. The summed E-state index contributed by atoms with van der Waals surface area (Å²) >= 11 is 0. The second-order valence-corrected chi connectivity index (χ2v) is 4.54. The van der Waals surface area contributed by atoms with Crippen LogP contribution in [0.5, 0.6) is 0 Å². The average Bonchev–Trinajstić information content (AvgIpc) is 2.48. The fourth-order valence-corrected chi connectivity index (χ4v) is 2.01. The Morgan fingerprint density at radius 2 is 1.86 bits per heavy atom. The predicted molar refractivity (Wildman–Crippen MR) is 79.1 cm³/mol. The van der Waals surface area contributed by atoms with Crippen molar-refractivity contribution in [1.82, 2.24) is 0 Å². The highest BCUT2D eigenvalue weighted by Gasteiger charge is 2.16. The number of hydrogen-bond donors (Lipinski definition) is 0. The van der Waals surface area contributed by atoms with E-state index in [9.17, 15) is 13.6 Å². The van der Waals surface area contributed by atoms with E-state index in [1.807, 2.05) is 18.2 Å². The first-order valence-corrected chi connectivity index (χ1v) is 6.52. The molecule has 2 aromatic carbocycles. The maximum Gasteiger partial charge on any atom is 0.231 e.